The lowest BCUT2D eigenvalue weighted by Crippen LogP contribution is -2.53. The zero-order chi connectivity index (χ0) is 13.7. The molecule has 1 aliphatic rings. The van der Waals surface area contributed by atoms with E-state index in [0.717, 1.165) is 0 Å². The third-order valence-electron chi connectivity index (χ3n) is 2.99. The van der Waals surface area contributed by atoms with Crippen LogP contribution in [-0.4, -0.2) is 48.3 Å². The molecule has 1 fully saturated rings. The van der Waals surface area contributed by atoms with Crippen molar-refractivity contribution in [1.82, 2.24) is 5.32 Å². The molecule has 1 heterocycles. The van der Waals surface area contributed by atoms with Crippen LogP contribution in [0.3, 0.4) is 0 Å². The van der Waals surface area contributed by atoms with Gasteiger partial charge in [0.25, 0.3) is 0 Å². The first kappa shape index (κ1) is 15.5. The van der Waals surface area contributed by atoms with Crippen LogP contribution in [0.15, 0.2) is 0 Å². The molecule has 1 saturated heterocycles. The maximum Gasteiger partial charge on any atom is 0.320 e. The van der Waals surface area contributed by atoms with Crippen LogP contribution in [0.5, 0.6) is 0 Å². The van der Waals surface area contributed by atoms with Crippen LogP contribution in [0.2, 0.25) is 0 Å². The molecular formula is C11H18IN3O3. The fourth-order valence-electron chi connectivity index (χ4n) is 2.06. The lowest BCUT2D eigenvalue weighted by Gasteiger charge is -2.26. The number of halogens is 1. The molecule has 6 nitrogen and oxygen atoms in total. The average Bonchev–Trinajstić information content (AvgIpc) is 2.73. The Morgan fingerprint density at radius 2 is 2.44 bits per heavy atom. The molecule has 0 aromatic carbocycles. The minimum atomic E-state index is -0.914. The molecule has 5 unspecified atom stereocenters. The molecule has 0 aromatic rings. The molecule has 0 bridgehead atoms. The molecule has 0 aromatic heterocycles. The first-order chi connectivity index (χ1) is 8.51. The van der Waals surface area contributed by atoms with Crippen molar-refractivity contribution in [3.63, 3.8) is 0 Å². The summed E-state index contributed by atoms with van der Waals surface area (Å²) in [7, 11) is 0. The summed E-state index contributed by atoms with van der Waals surface area (Å²) in [6, 6.07) is 0.460. The van der Waals surface area contributed by atoms with Crippen molar-refractivity contribution in [2.24, 2.45) is 5.73 Å². The fourth-order valence-corrected chi connectivity index (χ4v) is 4.92. The minimum Gasteiger partial charge on any atom is -0.480 e. The minimum absolute atomic E-state index is 0.0298. The summed E-state index contributed by atoms with van der Waals surface area (Å²) in [6.07, 6.45) is -0.397. The highest BCUT2D eigenvalue weighted by Crippen LogP contribution is 2.28. The summed E-state index contributed by atoms with van der Waals surface area (Å²) < 4.78 is 2.27. The van der Waals surface area contributed by atoms with Crippen LogP contribution in [0.1, 0.15) is 19.8 Å². The van der Waals surface area contributed by atoms with Gasteiger partial charge in [-0.15, -0.1) is 20.7 Å². The van der Waals surface area contributed by atoms with Crippen molar-refractivity contribution < 1.29 is 15.0 Å². The Morgan fingerprint density at radius 1 is 1.78 bits per heavy atom. The van der Waals surface area contributed by atoms with Crippen LogP contribution < -0.4 is 11.1 Å². The monoisotopic (exact) mass is 367 g/mol. The molecule has 7 heteroatoms. The Labute approximate surface area is 116 Å². The third-order valence-corrected chi connectivity index (χ3v) is 5.92. The second-order valence-electron chi connectivity index (χ2n) is 4.19. The topological polar surface area (TPSA) is 119 Å². The highest BCUT2D eigenvalue weighted by Gasteiger charge is 2.41. The van der Waals surface area contributed by atoms with Gasteiger partial charge < -0.3 is 15.9 Å². The number of carboxylic acids is 1. The van der Waals surface area contributed by atoms with Gasteiger partial charge in [-0.3, -0.25) is 10.1 Å². The van der Waals surface area contributed by atoms with E-state index < -0.39 is 24.2 Å². The zero-order valence-electron chi connectivity index (χ0n) is 10.1. The molecule has 1 aliphatic heterocycles. The summed E-state index contributed by atoms with van der Waals surface area (Å²) in [6.45, 7) is 1.95. The van der Waals surface area contributed by atoms with E-state index in [4.69, 9.17) is 16.1 Å². The second-order valence-corrected chi connectivity index (χ2v) is 7.75. The predicted molar refractivity (Wildman–Crippen MR) is 76.7 cm³/mol. The highest BCUT2D eigenvalue weighted by molar-refractivity contribution is 14.2. The Kier molecular flexibility index (Phi) is 6.14. The van der Waals surface area contributed by atoms with Crippen LogP contribution in [-0.2, 0) is 4.79 Å². The molecule has 5 atom stereocenters. The maximum atomic E-state index is 11.0. The summed E-state index contributed by atoms with van der Waals surface area (Å²) in [4.78, 5) is 11.0. The van der Waals surface area contributed by atoms with E-state index in [1.165, 1.54) is 0 Å². The summed E-state index contributed by atoms with van der Waals surface area (Å²) in [5.74, 6) is -0.885. The molecule has 0 aliphatic carbocycles. The lowest BCUT2D eigenvalue weighted by molar-refractivity contribution is -0.139. The molecule has 102 valence electrons. The first-order valence-electron chi connectivity index (χ1n) is 5.70. The molecular weight excluding hydrogens is 349 g/mol. The number of carboxylic acid groups (broad SMARTS) is 1. The van der Waals surface area contributed by atoms with Gasteiger partial charge in [0.05, 0.1) is 18.6 Å². The predicted octanol–water partition coefficient (Wildman–Crippen LogP) is -0.435. The second kappa shape index (κ2) is 7.13. The van der Waals surface area contributed by atoms with Crippen LogP contribution in [0.4, 0.5) is 0 Å². The van der Waals surface area contributed by atoms with Gasteiger partial charge in [-0.05, 0) is 13.3 Å². The number of nitrogens with zero attached hydrogens (tertiary/aromatic N) is 1. The zero-order valence-corrected chi connectivity index (χ0v) is 12.2. The van der Waals surface area contributed by atoms with Gasteiger partial charge in [0.2, 0.25) is 0 Å². The van der Waals surface area contributed by atoms with Gasteiger partial charge in [0.15, 0.2) is 0 Å². The van der Waals surface area contributed by atoms with Crippen molar-refractivity contribution in [2.75, 3.05) is 0 Å². The van der Waals surface area contributed by atoms with Crippen molar-refractivity contribution in [2.45, 2.75) is 47.9 Å². The summed E-state index contributed by atoms with van der Waals surface area (Å²) in [5, 5.41) is 30.3. The Balaban J connectivity index is 2.78. The molecule has 0 saturated carbocycles. The van der Waals surface area contributed by atoms with Gasteiger partial charge >= 0.3 is 5.97 Å². The Hall–Kier alpha value is -0.560. The number of hydrogen-bond donors (Lipinski definition) is 4. The van der Waals surface area contributed by atoms with Crippen LogP contribution in [0, 0.1) is 11.3 Å². The van der Waals surface area contributed by atoms with Gasteiger partial charge in [-0.1, -0.05) is 4.01 Å². The van der Waals surface area contributed by atoms with Gasteiger partial charge in [0, 0.05) is 16.0 Å². The van der Waals surface area contributed by atoms with Gasteiger partial charge in [0.1, 0.15) is 6.04 Å². The number of aliphatic carboxylic acids is 1. The van der Waals surface area contributed by atoms with E-state index in [9.17, 15) is 9.90 Å². The number of nitrogens with one attached hydrogen (secondary N) is 1. The molecule has 5 N–H and O–H groups in total. The SMILES string of the molecule is CC=IC1CC(C(=O)O)NC1C(N)C(O)CC#N. The molecule has 0 radical (unpaired) electrons. The molecule has 0 amide bonds. The number of nitriles is 1. The number of nitrogens with two attached hydrogens (primary N) is 1. The van der Waals surface area contributed by atoms with E-state index in [-0.39, 0.29) is 37.1 Å². The normalized spacial score (nSPS) is 31.6. The van der Waals surface area contributed by atoms with Crippen molar-refractivity contribution in [1.29, 1.82) is 5.26 Å². The van der Waals surface area contributed by atoms with Gasteiger partial charge in [-0.2, -0.15) is 5.26 Å². The fraction of sp³-hybridized carbons (Fsp3) is 0.727. The third kappa shape index (κ3) is 3.71. The van der Waals surface area contributed by atoms with Crippen molar-refractivity contribution >= 4 is 30.7 Å². The number of rotatable bonds is 5. The highest BCUT2D eigenvalue weighted by atomic mass is 127. The first-order valence-corrected chi connectivity index (χ1v) is 8.19. The molecule has 18 heavy (non-hydrogen) atoms. The van der Waals surface area contributed by atoms with Crippen molar-refractivity contribution in [3.8, 4) is 6.07 Å². The molecule has 0 spiro atoms. The smallest absolute Gasteiger partial charge is 0.320 e. The van der Waals surface area contributed by atoms with Crippen LogP contribution in [0.25, 0.3) is 0 Å². The molecule has 1 rings (SSSR count). The quantitative estimate of drug-likeness (QED) is 0.387. The van der Waals surface area contributed by atoms with Crippen molar-refractivity contribution in [3.05, 3.63) is 0 Å². The van der Waals surface area contributed by atoms with E-state index in [1.807, 2.05) is 13.0 Å². The lowest BCUT2D eigenvalue weighted by atomic mass is 10.00. The Morgan fingerprint density at radius 3 is 2.94 bits per heavy atom. The Bertz CT molecular complexity index is 369. The number of carbonyl (C=O) groups is 1. The largest absolute Gasteiger partial charge is 0.480 e. The number of aliphatic hydroxyl groups is 1. The van der Waals surface area contributed by atoms with E-state index in [2.05, 4.69) is 9.33 Å². The standard InChI is InChI=1S/C11H18IN3O3/c1-2-12-6-5-7(11(17)18)15-10(6)9(14)8(16)3-4-13/h2,6-10,15-16H,3,5,14H2,1H3,(H,17,18). The summed E-state index contributed by atoms with van der Waals surface area (Å²) >= 11 is -0.262. The average molecular weight is 367 g/mol. The number of alkyl halides is 1. The maximum absolute atomic E-state index is 11.0. The summed E-state index contributed by atoms with van der Waals surface area (Å²) in [5.41, 5.74) is 5.94. The van der Waals surface area contributed by atoms with Crippen LogP contribution >= 0.6 is 20.7 Å². The number of aliphatic hydroxyl groups excluding tert-OH is 1. The van der Waals surface area contributed by atoms with E-state index >= 15 is 0 Å². The van der Waals surface area contributed by atoms with E-state index in [1.54, 1.807) is 0 Å². The van der Waals surface area contributed by atoms with Gasteiger partial charge in [-0.25, -0.2) is 0 Å². The number of hydrogen-bond acceptors (Lipinski definition) is 5. The van der Waals surface area contributed by atoms with E-state index in [0.29, 0.717) is 6.42 Å².